The lowest BCUT2D eigenvalue weighted by atomic mass is 9.95. The van der Waals surface area contributed by atoms with Gasteiger partial charge in [0.2, 0.25) is 0 Å². The number of hydrogen-bond acceptors (Lipinski definition) is 2. The molecule has 0 spiro atoms. The van der Waals surface area contributed by atoms with Crippen LogP contribution in [0.25, 0.3) is 86.2 Å². The average Bonchev–Trinajstić information content (AvgIpc) is 3.07. The Bertz CT molecular complexity index is 2470. The van der Waals surface area contributed by atoms with E-state index in [1.807, 2.05) is 0 Å². The van der Waals surface area contributed by atoms with Crippen LogP contribution in [0.5, 0.6) is 0 Å². The molecule has 0 unspecified atom stereocenters. The first-order valence-corrected chi connectivity index (χ1v) is 15.8. The molecule has 44 heavy (non-hydrogen) atoms. The third-order valence-electron chi connectivity index (χ3n) is 9.19. The molecular formula is C42H26S2. The SMILES string of the molecule is Sc1ccc2c3ccc(cc3)c3cc4c5ccc(cc5)c5ccc(S)cc5c5ccc(cc5)c4cc3c3ccc(cc3)c2c1. The summed E-state index contributed by atoms with van der Waals surface area (Å²) >= 11 is 9.33. The molecule has 0 N–H and O–H groups in total. The van der Waals surface area contributed by atoms with Crippen molar-refractivity contribution in [3.05, 3.63) is 146 Å². The van der Waals surface area contributed by atoms with Gasteiger partial charge < -0.3 is 0 Å². The highest BCUT2D eigenvalue weighted by molar-refractivity contribution is 7.80. The van der Waals surface area contributed by atoms with Gasteiger partial charge in [0.1, 0.15) is 0 Å². The van der Waals surface area contributed by atoms with Crippen molar-refractivity contribution in [1.29, 1.82) is 0 Å². The second kappa shape index (κ2) is 9.89. The molecule has 0 fully saturated rings. The molecule has 0 aromatic heterocycles. The molecule has 0 aliphatic carbocycles. The van der Waals surface area contributed by atoms with Crippen LogP contribution < -0.4 is 0 Å². The molecule has 0 aliphatic rings. The minimum atomic E-state index is 0.965. The summed E-state index contributed by atoms with van der Waals surface area (Å²) < 4.78 is 0. The van der Waals surface area contributed by atoms with Crippen LogP contribution >= 0.6 is 25.3 Å². The van der Waals surface area contributed by atoms with E-state index >= 15 is 0 Å². The molecule has 0 saturated heterocycles. The van der Waals surface area contributed by atoms with Gasteiger partial charge in [0, 0.05) is 9.79 Å². The van der Waals surface area contributed by atoms with Gasteiger partial charge in [0.05, 0.1) is 0 Å². The van der Waals surface area contributed by atoms with Crippen molar-refractivity contribution < 1.29 is 0 Å². The summed E-state index contributed by atoms with van der Waals surface area (Å²) in [5.74, 6) is 0. The summed E-state index contributed by atoms with van der Waals surface area (Å²) in [7, 11) is 0. The van der Waals surface area contributed by atoms with Crippen LogP contribution in [0.3, 0.4) is 0 Å². The van der Waals surface area contributed by atoms with Gasteiger partial charge in [0.15, 0.2) is 0 Å². The second-order valence-corrected chi connectivity index (χ2v) is 12.7. The van der Waals surface area contributed by atoms with Gasteiger partial charge in [-0.1, -0.05) is 109 Å². The minimum absolute atomic E-state index is 0.965. The van der Waals surface area contributed by atoms with Crippen molar-refractivity contribution in [3.8, 4) is 0 Å². The molecule has 0 saturated carbocycles. The van der Waals surface area contributed by atoms with Gasteiger partial charge in [-0.25, -0.2) is 0 Å². The highest BCUT2D eigenvalue weighted by atomic mass is 32.1. The highest BCUT2D eigenvalue weighted by Crippen LogP contribution is 2.35. The molecule has 15 aromatic rings. The standard InChI is InChI=1S/C42H26S2/c43-33-17-19-35-25-1-5-29(6-2-25)39-23-40-30-7-3-26(4-8-30)36-20-18-34(44)22-38(36)28-11-15-32(16-12-28)42(40)24-41(39)31-13-9-27(10-14-31)37(35)21-33/h1-24,43-44H. The van der Waals surface area contributed by atoms with Crippen LogP contribution in [-0.2, 0) is 0 Å². The Morgan fingerprint density at radius 3 is 0.659 bits per heavy atom. The first-order valence-electron chi connectivity index (χ1n) is 14.9. The summed E-state index contributed by atoms with van der Waals surface area (Å²) in [6, 6.07) is 53.8. The second-order valence-electron chi connectivity index (χ2n) is 11.7. The van der Waals surface area contributed by atoms with Crippen LogP contribution in [0.15, 0.2) is 155 Å². The predicted molar refractivity (Wildman–Crippen MR) is 199 cm³/mol. The van der Waals surface area contributed by atoms with Gasteiger partial charge in [-0.15, -0.1) is 25.3 Å². The normalized spacial score (nSPS) is 11.9. The van der Waals surface area contributed by atoms with E-state index in [4.69, 9.17) is 0 Å². The quantitative estimate of drug-likeness (QED) is 0.160. The molecule has 15 aromatic carbocycles. The zero-order valence-corrected chi connectivity index (χ0v) is 25.5. The summed E-state index contributed by atoms with van der Waals surface area (Å²) in [5, 5.41) is 19.4. The zero-order valence-electron chi connectivity index (χ0n) is 23.8. The Morgan fingerprint density at radius 2 is 0.409 bits per heavy atom. The fraction of sp³-hybridized carbons (Fsp3) is 0. The zero-order chi connectivity index (χ0) is 29.4. The largest absolute Gasteiger partial charge is 0.143 e. The lowest BCUT2D eigenvalue weighted by molar-refractivity contribution is 1.54. The third-order valence-corrected chi connectivity index (χ3v) is 9.75. The first kappa shape index (κ1) is 25.7. The van der Waals surface area contributed by atoms with E-state index in [9.17, 15) is 0 Å². The molecule has 8 bridgehead atoms. The van der Waals surface area contributed by atoms with Crippen LogP contribution in [0.2, 0.25) is 0 Å². The fourth-order valence-electron chi connectivity index (χ4n) is 6.92. The minimum Gasteiger partial charge on any atom is -0.143 e. The van der Waals surface area contributed by atoms with Gasteiger partial charge in [0.25, 0.3) is 0 Å². The molecule has 0 heterocycles. The Kier molecular flexibility index (Phi) is 5.78. The molecule has 2 heteroatoms. The highest BCUT2D eigenvalue weighted by Gasteiger charge is 2.08. The fourth-order valence-corrected chi connectivity index (χ4v) is 7.33. The van der Waals surface area contributed by atoms with Crippen molar-refractivity contribution in [3.63, 3.8) is 0 Å². The summed E-state index contributed by atoms with van der Waals surface area (Å²) in [4.78, 5) is 1.93. The number of thiol groups is 2. The topological polar surface area (TPSA) is 0 Å². The molecular weight excluding hydrogens is 569 g/mol. The lowest BCUT2D eigenvalue weighted by Crippen LogP contribution is -1.82. The van der Waals surface area contributed by atoms with E-state index in [0.29, 0.717) is 0 Å². The molecule has 0 radical (unpaired) electrons. The maximum atomic E-state index is 4.67. The number of hydrogen-bond donors (Lipinski definition) is 2. The van der Waals surface area contributed by atoms with Crippen molar-refractivity contribution in [1.82, 2.24) is 0 Å². The van der Waals surface area contributed by atoms with Crippen LogP contribution in [0.4, 0.5) is 0 Å². The van der Waals surface area contributed by atoms with E-state index < -0.39 is 0 Å². The van der Waals surface area contributed by atoms with Gasteiger partial charge >= 0.3 is 0 Å². The Morgan fingerprint density at radius 1 is 0.205 bits per heavy atom. The van der Waals surface area contributed by atoms with E-state index in [1.165, 1.54) is 86.2 Å². The smallest absolute Gasteiger partial charge is 0.00465 e. The summed E-state index contributed by atoms with van der Waals surface area (Å²) in [6.45, 7) is 0. The van der Waals surface area contributed by atoms with Crippen LogP contribution in [0.1, 0.15) is 0 Å². The molecule has 206 valence electrons. The molecule has 0 aliphatic heterocycles. The van der Waals surface area contributed by atoms with Gasteiger partial charge in [-0.3, -0.25) is 0 Å². The predicted octanol–water partition coefficient (Wildman–Crippen LogP) is 12.6. The Balaban J connectivity index is 1.49. The van der Waals surface area contributed by atoms with E-state index in [2.05, 4.69) is 171 Å². The van der Waals surface area contributed by atoms with E-state index in [1.54, 1.807) is 0 Å². The maximum Gasteiger partial charge on any atom is 0.00465 e. The first-order chi connectivity index (χ1) is 21.6. The maximum absolute atomic E-state index is 4.67. The van der Waals surface area contributed by atoms with Crippen molar-refractivity contribution in [2.75, 3.05) is 0 Å². The Labute approximate surface area is 265 Å². The molecule has 0 nitrogen and oxygen atoms in total. The molecule has 0 atom stereocenters. The van der Waals surface area contributed by atoms with Gasteiger partial charge in [-0.05, 0) is 123 Å². The molecule has 15 rings (SSSR count). The van der Waals surface area contributed by atoms with E-state index in [-0.39, 0.29) is 0 Å². The van der Waals surface area contributed by atoms with Gasteiger partial charge in [-0.2, -0.15) is 0 Å². The third kappa shape index (κ3) is 4.10. The van der Waals surface area contributed by atoms with Crippen LogP contribution in [0, 0.1) is 0 Å². The summed E-state index contributed by atoms with van der Waals surface area (Å²) in [6.07, 6.45) is 0. The average molecular weight is 595 g/mol. The number of rotatable bonds is 0. The summed E-state index contributed by atoms with van der Waals surface area (Å²) in [5.41, 5.74) is 0. The Hall–Kier alpha value is -4.76. The lowest BCUT2D eigenvalue weighted by Gasteiger charge is -2.09. The van der Waals surface area contributed by atoms with Crippen LogP contribution in [-0.4, -0.2) is 0 Å². The van der Waals surface area contributed by atoms with Crippen molar-refractivity contribution >= 4 is 111 Å². The monoisotopic (exact) mass is 594 g/mol. The molecule has 0 amide bonds. The van der Waals surface area contributed by atoms with E-state index in [0.717, 1.165) is 9.79 Å². The van der Waals surface area contributed by atoms with Crippen molar-refractivity contribution in [2.24, 2.45) is 0 Å². The van der Waals surface area contributed by atoms with Crippen molar-refractivity contribution in [2.45, 2.75) is 9.79 Å². The number of benzene rings is 7.